The van der Waals surface area contributed by atoms with E-state index in [1.165, 1.54) is 12.1 Å². The third kappa shape index (κ3) is 6.25. The fraction of sp³-hybridized carbons (Fsp3) is 0.429. The average molecular weight is 394 g/mol. The van der Waals surface area contributed by atoms with Crippen LogP contribution in [0.15, 0.2) is 30.3 Å². The van der Waals surface area contributed by atoms with Gasteiger partial charge in [0.05, 0.1) is 16.9 Å². The summed E-state index contributed by atoms with van der Waals surface area (Å²) in [5.74, 6) is 0.266. The van der Waals surface area contributed by atoms with Gasteiger partial charge in [0.25, 0.3) is 0 Å². The van der Waals surface area contributed by atoms with E-state index < -0.39 is 11.7 Å². The SMILES string of the molecule is Cc1cc(OCc2ccc(C(F)(F)F)cc2)nc(C)c1NC(=O)CC(C)(C)C. The molecule has 0 saturated heterocycles. The molecular formula is C21H25F3N2O2. The van der Waals surface area contributed by atoms with E-state index in [0.717, 1.165) is 17.7 Å². The summed E-state index contributed by atoms with van der Waals surface area (Å²) < 4.78 is 43.4. The number of pyridine rings is 1. The zero-order chi connectivity index (χ0) is 21.1. The summed E-state index contributed by atoms with van der Waals surface area (Å²) in [6, 6.07) is 6.50. The Morgan fingerprint density at radius 1 is 1.11 bits per heavy atom. The van der Waals surface area contributed by atoms with E-state index in [9.17, 15) is 18.0 Å². The van der Waals surface area contributed by atoms with E-state index in [-0.39, 0.29) is 17.9 Å². The second-order valence-corrected chi connectivity index (χ2v) is 8.01. The molecule has 1 amide bonds. The Labute approximate surface area is 163 Å². The maximum Gasteiger partial charge on any atom is 0.416 e. The van der Waals surface area contributed by atoms with E-state index in [4.69, 9.17) is 4.74 Å². The van der Waals surface area contributed by atoms with E-state index in [0.29, 0.717) is 29.2 Å². The largest absolute Gasteiger partial charge is 0.473 e. The van der Waals surface area contributed by atoms with E-state index in [1.54, 1.807) is 13.0 Å². The van der Waals surface area contributed by atoms with Crippen molar-refractivity contribution < 1.29 is 22.7 Å². The molecule has 1 heterocycles. The van der Waals surface area contributed by atoms with Crippen molar-refractivity contribution in [2.75, 3.05) is 5.32 Å². The molecule has 1 aromatic carbocycles. The molecule has 0 aliphatic carbocycles. The monoisotopic (exact) mass is 394 g/mol. The molecule has 1 N–H and O–H groups in total. The Kier molecular flexibility index (Phi) is 6.37. The number of hydrogen-bond acceptors (Lipinski definition) is 3. The topological polar surface area (TPSA) is 51.2 Å². The first-order valence-electron chi connectivity index (χ1n) is 8.92. The number of ether oxygens (including phenoxy) is 1. The van der Waals surface area contributed by atoms with Gasteiger partial charge in [0, 0.05) is 12.5 Å². The van der Waals surface area contributed by atoms with Gasteiger partial charge in [0.1, 0.15) is 6.61 Å². The molecular weight excluding hydrogens is 369 g/mol. The molecule has 0 spiro atoms. The van der Waals surface area contributed by atoms with Crippen molar-refractivity contribution in [3.05, 3.63) is 52.7 Å². The molecule has 1 aromatic heterocycles. The predicted octanol–water partition coefficient (Wildman–Crippen LogP) is 5.67. The molecule has 0 saturated carbocycles. The molecule has 0 radical (unpaired) electrons. The molecule has 0 aliphatic heterocycles. The second kappa shape index (κ2) is 8.20. The maximum absolute atomic E-state index is 12.6. The lowest BCUT2D eigenvalue weighted by Gasteiger charge is -2.19. The van der Waals surface area contributed by atoms with Crippen LogP contribution in [0.3, 0.4) is 0 Å². The summed E-state index contributed by atoms with van der Waals surface area (Å²) in [5.41, 5.74) is 1.85. The number of rotatable bonds is 5. The fourth-order valence-electron chi connectivity index (χ4n) is 2.67. The number of carbonyl (C=O) groups is 1. The van der Waals surface area contributed by atoms with Crippen LogP contribution in [0.4, 0.5) is 18.9 Å². The molecule has 7 heteroatoms. The number of halogens is 3. The maximum atomic E-state index is 12.6. The van der Waals surface area contributed by atoms with Crippen molar-refractivity contribution in [3.63, 3.8) is 0 Å². The Hall–Kier alpha value is -2.57. The number of carbonyl (C=O) groups excluding carboxylic acids is 1. The zero-order valence-corrected chi connectivity index (χ0v) is 16.7. The number of hydrogen-bond donors (Lipinski definition) is 1. The fourth-order valence-corrected chi connectivity index (χ4v) is 2.67. The van der Waals surface area contributed by atoms with Gasteiger partial charge in [-0.1, -0.05) is 32.9 Å². The molecule has 0 atom stereocenters. The minimum Gasteiger partial charge on any atom is -0.473 e. The van der Waals surface area contributed by atoms with E-state index in [1.807, 2.05) is 27.7 Å². The highest BCUT2D eigenvalue weighted by Crippen LogP contribution is 2.29. The summed E-state index contributed by atoms with van der Waals surface area (Å²) in [6.45, 7) is 9.67. The van der Waals surface area contributed by atoms with Crippen LogP contribution in [-0.4, -0.2) is 10.9 Å². The smallest absolute Gasteiger partial charge is 0.416 e. The molecule has 0 fully saturated rings. The molecule has 2 rings (SSSR count). The van der Waals surface area contributed by atoms with Gasteiger partial charge in [-0.25, -0.2) is 4.98 Å². The van der Waals surface area contributed by atoms with Crippen molar-refractivity contribution in [2.24, 2.45) is 5.41 Å². The van der Waals surface area contributed by atoms with Gasteiger partial charge in [-0.05, 0) is 42.5 Å². The van der Waals surface area contributed by atoms with Crippen molar-refractivity contribution >= 4 is 11.6 Å². The second-order valence-electron chi connectivity index (χ2n) is 8.01. The van der Waals surface area contributed by atoms with Crippen LogP contribution in [0, 0.1) is 19.3 Å². The number of nitrogens with one attached hydrogen (secondary N) is 1. The highest BCUT2D eigenvalue weighted by Gasteiger charge is 2.29. The number of alkyl halides is 3. The van der Waals surface area contributed by atoms with E-state index in [2.05, 4.69) is 10.3 Å². The minimum absolute atomic E-state index is 0.0843. The highest BCUT2D eigenvalue weighted by molar-refractivity contribution is 5.92. The van der Waals surface area contributed by atoms with Crippen LogP contribution in [0.5, 0.6) is 5.88 Å². The van der Waals surface area contributed by atoms with Crippen LogP contribution in [0.1, 0.15) is 49.6 Å². The number of aryl methyl sites for hydroxylation is 2. The average Bonchev–Trinajstić information content (AvgIpc) is 2.54. The van der Waals surface area contributed by atoms with Gasteiger partial charge in [-0.3, -0.25) is 4.79 Å². The quantitative estimate of drug-likeness (QED) is 0.711. The highest BCUT2D eigenvalue weighted by atomic mass is 19.4. The number of nitrogens with zero attached hydrogens (tertiary/aromatic N) is 1. The summed E-state index contributed by atoms with van der Waals surface area (Å²) >= 11 is 0. The normalized spacial score (nSPS) is 12.0. The summed E-state index contributed by atoms with van der Waals surface area (Å²) in [4.78, 5) is 16.5. The molecule has 0 aliphatic rings. The van der Waals surface area contributed by atoms with Gasteiger partial charge < -0.3 is 10.1 Å². The first kappa shape index (κ1) is 21.7. The number of benzene rings is 1. The van der Waals surface area contributed by atoms with E-state index >= 15 is 0 Å². The zero-order valence-electron chi connectivity index (χ0n) is 16.7. The van der Waals surface area contributed by atoms with Crippen molar-refractivity contribution in [1.29, 1.82) is 0 Å². The van der Waals surface area contributed by atoms with Gasteiger partial charge >= 0.3 is 6.18 Å². The Balaban J connectivity index is 2.05. The number of anilines is 1. The van der Waals surface area contributed by atoms with Gasteiger partial charge in [-0.15, -0.1) is 0 Å². The lowest BCUT2D eigenvalue weighted by Crippen LogP contribution is -2.21. The molecule has 0 unspecified atom stereocenters. The van der Waals surface area contributed by atoms with Gasteiger partial charge in [-0.2, -0.15) is 13.2 Å². The molecule has 2 aromatic rings. The van der Waals surface area contributed by atoms with Crippen molar-refractivity contribution in [3.8, 4) is 5.88 Å². The van der Waals surface area contributed by atoms with Crippen LogP contribution in [-0.2, 0) is 17.6 Å². The first-order valence-corrected chi connectivity index (χ1v) is 8.92. The van der Waals surface area contributed by atoms with Gasteiger partial charge in [0.2, 0.25) is 11.8 Å². The standard InChI is InChI=1S/C21H25F3N2O2/c1-13-10-18(25-14(2)19(13)26-17(27)11-20(3,4)5)28-12-15-6-8-16(9-7-15)21(22,23)24/h6-10H,11-12H2,1-5H3,(H,26,27). The molecule has 152 valence electrons. The Morgan fingerprint density at radius 3 is 2.21 bits per heavy atom. The number of aromatic nitrogens is 1. The Morgan fingerprint density at radius 2 is 1.71 bits per heavy atom. The third-order valence-electron chi connectivity index (χ3n) is 4.00. The van der Waals surface area contributed by atoms with Crippen molar-refractivity contribution in [1.82, 2.24) is 4.98 Å². The molecule has 28 heavy (non-hydrogen) atoms. The lowest BCUT2D eigenvalue weighted by molar-refractivity contribution is -0.137. The van der Waals surface area contributed by atoms with Crippen LogP contribution in [0.25, 0.3) is 0 Å². The van der Waals surface area contributed by atoms with Crippen LogP contribution < -0.4 is 10.1 Å². The van der Waals surface area contributed by atoms with Crippen molar-refractivity contribution in [2.45, 2.75) is 53.8 Å². The summed E-state index contributed by atoms with van der Waals surface area (Å²) in [6.07, 6.45) is -3.97. The summed E-state index contributed by atoms with van der Waals surface area (Å²) in [5, 5.41) is 2.89. The van der Waals surface area contributed by atoms with Crippen LogP contribution >= 0.6 is 0 Å². The Bertz CT molecular complexity index is 815. The third-order valence-corrected chi connectivity index (χ3v) is 4.00. The lowest BCUT2D eigenvalue weighted by atomic mass is 9.92. The number of amides is 1. The van der Waals surface area contributed by atoms with Crippen LogP contribution in [0.2, 0.25) is 0 Å². The molecule has 4 nitrogen and oxygen atoms in total. The van der Waals surface area contributed by atoms with Gasteiger partial charge in [0.15, 0.2) is 0 Å². The molecule has 0 bridgehead atoms. The minimum atomic E-state index is -4.36. The summed E-state index contributed by atoms with van der Waals surface area (Å²) in [7, 11) is 0. The predicted molar refractivity (Wildman–Crippen MR) is 102 cm³/mol. The first-order chi connectivity index (χ1) is 12.8.